The number of rotatable bonds is 3. The second kappa shape index (κ2) is 10.2. The van der Waals surface area contributed by atoms with Crippen molar-refractivity contribution in [1.29, 1.82) is 0 Å². The van der Waals surface area contributed by atoms with E-state index >= 15 is 0 Å². The van der Waals surface area contributed by atoms with Crippen LogP contribution in [0.2, 0.25) is 0 Å². The summed E-state index contributed by atoms with van der Waals surface area (Å²) >= 11 is 1.78. The van der Waals surface area contributed by atoms with Crippen molar-refractivity contribution < 1.29 is 0 Å². The topological polar surface area (TPSA) is 12.9 Å². The van der Waals surface area contributed by atoms with E-state index in [2.05, 4.69) is 166 Å². The van der Waals surface area contributed by atoms with E-state index < -0.39 is 0 Å². The van der Waals surface area contributed by atoms with Gasteiger partial charge >= 0.3 is 0 Å². The molecular formula is C46H31NS. The van der Waals surface area contributed by atoms with Crippen LogP contribution in [0.15, 0.2) is 152 Å². The molecule has 1 aliphatic carbocycles. The minimum Gasteiger partial charge on any atom is -0.236 e. The molecule has 0 N–H and O–H groups in total. The molecule has 1 nitrogen and oxygen atoms in total. The quantitative estimate of drug-likeness (QED) is 0.177. The summed E-state index contributed by atoms with van der Waals surface area (Å²) in [5, 5.41) is 8.55. The maximum Gasteiger partial charge on any atom is 0.125 e. The van der Waals surface area contributed by atoms with Gasteiger partial charge in [-0.2, -0.15) is 0 Å². The molecule has 226 valence electrons. The summed E-state index contributed by atoms with van der Waals surface area (Å²) < 4.78 is 1.21. The summed E-state index contributed by atoms with van der Waals surface area (Å²) in [6.45, 7) is 4.73. The summed E-state index contributed by atoms with van der Waals surface area (Å²) in [5.74, 6) is 0. The first kappa shape index (κ1) is 27.5. The number of thiazole rings is 1. The molecule has 9 aromatic rings. The summed E-state index contributed by atoms with van der Waals surface area (Å²) in [7, 11) is 0. The van der Waals surface area contributed by atoms with E-state index in [-0.39, 0.29) is 5.41 Å². The highest BCUT2D eigenvalue weighted by Gasteiger charge is 2.35. The summed E-state index contributed by atoms with van der Waals surface area (Å²) in [4.78, 5) is 5.21. The van der Waals surface area contributed by atoms with Crippen LogP contribution in [0.5, 0.6) is 0 Å². The Hall–Kier alpha value is -5.57. The van der Waals surface area contributed by atoms with Crippen molar-refractivity contribution in [3.63, 3.8) is 0 Å². The van der Waals surface area contributed by atoms with Crippen molar-refractivity contribution >= 4 is 53.9 Å². The molecule has 0 saturated carbocycles. The first-order chi connectivity index (χ1) is 23.5. The van der Waals surface area contributed by atoms with Gasteiger partial charge in [0, 0.05) is 11.0 Å². The van der Waals surface area contributed by atoms with Gasteiger partial charge in [-0.05, 0) is 107 Å². The van der Waals surface area contributed by atoms with Crippen LogP contribution in [0.4, 0.5) is 0 Å². The van der Waals surface area contributed by atoms with Crippen LogP contribution < -0.4 is 0 Å². The molecule has 0 atom stereocenters. The Labute approximate surface area is 283 Å². The molecule has 8 aromatic carbocycles. The number of nitrogens with zero attached hydrogens (tertiary/aromatic N) is 1. The van der Waals surface area contributed by atoms with Gasteiger partial charge in [-0.1, -0.05) is 135 Å². The number of hydrogen-bond acceptors (Lipinski definition) is 2. The predicted molar refractivity (Wildman–Crippen MR) is 206 cm³/mol. The highest BCUT2D eigenvalue weighted by atomic mass is 32.1. The number of aromatic nitrogens is 1. The zero-order valence-electron chi connectivity index (χ0n) is 26.8. The standard InChI is InChI=1S/C46H31NS/c1-46(2)39-16-8-7-13-33(39)34-23-22-32(27-40(34)46)43-35-14-5-6-15-36(35)44(45-47-41-17-9-10-18-42(41)48-45)37-24-21-31(26-38(37)43)30-20-19-28-11-3-4-12-29(28)25-30/h3-27H,1-2H3. The maximum atomic E-state index is 5.21. The number of hydrogen-bond donors (Lipinski definition) is 0. The van der Waals surface area contributed by atoms with Crippen molar-refractivity contribution in [3.8, 4) is 44.0 Å². The SMILES string of the molecule is CC1(C)c2ccccc2-c2ccc(-c3c4ccccc4c(-c4nc5ccccc5s4)c4ccc(-c5ccc6ccccc6c5)cc34)cc21. The third-order valence-electron chi connectivity index (χ3n) is 10.5. The van der Waals surface area contributed by atoms with Crippen LogP contribution in [-0.2, 0) is 5.41 Å². The van der Waals surface area contributed by atoms with Gasteiger partial charge in [0.25, 0.3) is 0 Å². The average Bonchev–Trinajstić information content (AvgIpc) is 3.66. The molecule has 0 amide bonds. The Morgan fingerprint density at radius 2 is 1.10 bits per heavy atom. The van der Waals surface area contributed by atoms with E-state index in [0.717, 1.165) is 10.5 Å². The van der Waals surface area contributed by atoms with Crippen LogP contribution in [0.1, 0.15) is 25.0 Å². The number of fused-ring (bicyclic) bond motifs is 7. The lowest BCUT2D eigenvalue weighted by atomic mass is 9.80. The van der Waals surface area contributed by atoms with Gasteiger partial charge in [-0.15, -0.1) is 11.3 Å². The Morgan fingerprint density at radius 1 is 0.458 bits per heavy atom. The predicted octanol–water partition coefficient (Wildman–Crippen LogP) is 13.1. The monoisotopic (exact) mass is 629 g/mol. The Balaban J connectivity index is 1.29. The lowest BCUT2D eigenvalue weighted by Crippen LogP contribution is -2.14. The Morgan fingerprint density at radius 3 is 1.98 bits per heavy atom. The van der Waals surface area contributed by atoms with Crippen LogP contribution in [0, 0.1) is 0 Å². The molecule has 10 rings (SSSR count). The molecule has 0 saturated heterocycles. The minimum absolute atomic E-state index is 0.0786. The van der Waals surface area contributed by atoms with Gasteiger partial charge in [0.1, 0.15) is 5.01 Å². The number of para-hydroxylation sites is 1. The second-order valence-corrected chi connectivity index (χ2v) is 14.6. The van der Waals surface area contributed by atoms with E-state index in [0.29, 0.717) is 0 Å². The van der Waals surface area contributed by atoms with Crippen LogP contribution >= 0.6 is 11.3 Å². The van der Waals surface area contributed by atoms with Crippen molar-refractivity contribution in [1.82, 2.24) is 4.98 Å². The highest BCUT2D eigenvalue weighted by molar-refractivity contribution is 7.21. The second-order valence-electron chi connectivity index (χ2n) is 13.5. The Kier molecular flexibility index (Phi) is 5.86. The number of benzene rings is 8. The molecule has 0 spiro atoms. The van der Waals surface area contributed by atoms with E-state index in [4.69, 9.17) is 4.98 Å². The molecule has 1 aliphatic rings. The first-order valence-electron chi connectivity index (χ1n) is 16.6. The molecular weight excluding hydrogens is 599 g/mol. The van der Waals surface area contributed by atoms with Gasteiger partial charge in [0.2, 0.25) is 0 Å². The Bertz CT molecular complexity index is 2730. The van der Waals surface area contributed by atoms with Crippen LogP contribution in [-0.4, -0.2) is 4.98 Å². The first-order valence-corrected chi connectivity index (χ1v) is 17.4. The van der Waals surface area contributed by atoms with Gasteiger partial charge in [0.15, 0.2) is 0 Å². The van der Waals surface area contributed by atoms with Gasteiger partial charge in [-0.3, -0.25) is 0 Å². The molecule has 0 fully saturated rings. The van der Waals surface area contributed by atoms with E-state index in [1.54, 1.807) is 11.3 Å². The summed E-state index contributed by atoms with van der Waals surface area (Å²) in [6.07, 6.45) is 0. The van der Waals surface area contributed by atoms with Crippen molar-refractivity contribution in [3.05, 3.63) is 163 Å². The van der Waals surface area contributed by atoms with Gasteiger partial charge < -0.3 is 0 Å². The average molecular weight is 630 g/mol. The normalized spacial score (nSPS) is 13.4. The van der Waals surface area contributed by atoms with E-state index in [1.165, 1.54) is 87.1 Å². The van der Waals surface area contributed by atoms with Crippen molar-refractivity contribution in [2.24, 2.45) is 0 Å². The van der Waals surface area contributed by atoms with E-state index in [1.807, 2.05) is 0 Å². The third kappa shape index (κ3) is 4.00. The summed E-state index contributed by atoms with van der Waals surface area (Å²) in [6, 6.07) is 56.0. The van der Waals surface area contributed by atoms with Crippen LogP contribution in [0.3, 0.4) is 0 Å². The van der Waals surface area contributed by atoms with Gasteiger partial charge in [-0.25, -0.2) is 4.98 Å². The molecule has 0 radical (unpaired) electrons. The lowest BCUT2D eigenvalue weighted by molar-refractivity contribution is 0.660. The molecule has 0 unspecified atom stereocenters. The molecule has 1 heterocycles. The molecule has 48 heavy (non-hydrogen) atoms. The largest absolute Gasteiger partial charge is 0.236 e. The fraction of sp³-hybridized carbons (Fsp3) is 0.0652. The fourth-order valence-electron chi connectivity index (χ4n) is 8.11. The zero-order valence-corrected chi connectivity index (χ0v) is 27.6. The minimum atomic E-state index is -0.0786. The summed E-state index contributed by atoms with van der Waals surface area (Å²) in [5.41, 5.74) is 12.6. The lowest BCUT2D eigenvalue weighted by Gasteiger charge is -2.23. The molecule has 0 aliphatic heterocycles. The van der Waals surface area contributed by atoms with Crippen molar-refractivity contribution in [2.45, 2.75) is 19.3 Å². The highest BCUT2D eigenvalue weighted by Crippen LogP contribution is 2.52. The van der Waals surface area contributed by atoms with Crippen molar-refractivity contribution in [2.75, 3.05) is 0 Å². The van der Waals surface area contributed by atoms with Crippen LogP contribution in [0.25, 0.3) is 86.5 Å². The maximum absolute atomic E-state index is 5.21. The third-order valence-corrected chi connectivity index (χ3v) is 11.5. The smallest absolute Gasteiger partial charge is 0.125 e. The van der Waals surface area contributed by atoms with Gasteiger partial charge in [0.05, 0.1) is 10.2 Å². The molecule has 1 aromatic heterocycles. The zero-order chi connectivity index (χ0) is 32.0. The fourth-order valence-corrected chi connectivity index (χ4v) is 9.15. The molecule has 0 bridgehead atoms. The molecule has 2 heteroatoms. The van der Waals surface area contributed by atoms with E-state index in [9.17, 15) is 0 Å².